The Morgan fingerprint density at radius 2 is 2.00 bits per heavy atom. The zero-order valence-electron chi connectivity index (χ0n) is 20.5. The van der Waals surface area contributed by atoms with Crippen LogP contribution in [0, 0.1) is 5.41 Å². The van der Waals surface area contributed by atoms with Gasteiger partial charge in [0.05, 0.1) is 12.0 Å². The van der Waals surface area contributed by atoms with Gasteiger partial charge in [0, 0.05) is 48.3 Å². The summed E-state index contributed by atoms with van der Waals surface area (Å²) in [6.07, 6.45) is 16.9. The van der Waals surface area contributed by atoms with Crippen molar-refractivity contribution in [2.24, 2.45) is 9.98 Å². The van der Waals surface area contributed by atoms with E-state index in [1.165, 1.54) is 18.5 Å². The quantitative estimate of drug-likeness (QED) is 0.248. The number of aliphatic imine (C=N–C) groups is 2. The van der Waals surface area contributed by atoms with Crippen molar-refractivity contribution in [3.63, 3.8) is 0 Å². The molecule has 5 nitrogen and oxygen atoms in total. The number of hydrogen-bond acceptors (Lipinski definition) is 5. The summed E-state index contributed by atoms with van der Waals surface area (Å²) in [6.45, 7) is 7.78. The average Bonchev–Trinajstić information content (AvgIpc) is 2.90. The first-order chi connectivity index (χ1) is 17.6. The Morgan fingerprint density at radius 1 is 1.22 bits per heavy atom. The third kappa shape index (κ3) is 5.83. The third-order valence-corrected chi connectivity index (χ3v) is 6.33. The zero-order valence-corrected chi connectivity index (χ0v) is 20.5. The normalized spacial score (nSPS) is 17.7. The predicted molar refractivity (Wildman–Crippen MR) is 149 cm³/mol. The van der Waals surface area contributed by atoms with E-state index in [4.69, 9.17) is 15.1 Å². The predicted octanol–water partition coefficient (Wildman–Crippen LogP) is 7.10. The summed E-state index contributed by atoms with van der Waals surface area (Å²) in [5.41, 5.74) is 4.86. The van der Waals surface area contributed by atoms with E-state index in [0.29, 0.717) is 12.5 Å². The first-order valence-corrected chi connectivity index (χ1v) is 12.2. The lowest BCUT2D eigenvalue weighted by atomic mass is 9.91. The zero-order chi connectivity index (χ0) is 25.3. The lowest BCUT2D eigenvalue weighted by Gasteiger charge is -2.36. The van der Waals surface area contributed by atoms with Crippen LogP contribution in [0.3, 0.4) is 0 Å². The summed E-state index contributed by atoms with van der Waals surface area (Å²) in [6, 6.07) is 10.7. The standard InChI is InChI=1S/C30H31FN4O/c1-3-4-16-33-29(31)11-7-8-23(12-15-32)19-24-20-28-22(2)35(25-13-17-36-18-14-25)21-34-30(28)27-10-6-5-9-26(24)27/h3-12,15-16,20-21,25,32H,2,13-14,17-19H2,1H3/b4-3-,8-7+,23-12+,29-11+,32-15?,33-16-. The molecular formula is C30H31FN4O. The SMILES string of the molecule is C=C1c2cc(CC(=C/C=N)/C=C/C=C(F)/N=C\C=C/C)c3ccccc3c2N=CN1C1CCOCC1. The summed E-state index contributed by atoms with van der Waals surface area (Å²) in [5.74, 6) is -0.583. The second kappa shape index (κ2) is 12.2. The molecule has 36 heavy (non-hydrogen) atoms. The Bertz CT molecular complexity index is 1310. The fourth-order valence-electron chi connectivity index (χ4n) is 4.54. The van der Waals surface area contributed by atoms with Gasteiger partial charge in [-0.1, -0.05) is 49.1 Å². The Morgan fingerprint density at radius 3 is 2.75 bits per heavy atom. The van der Waals surface area contributed by atoms with E-state index in [9.17, 15) is 4.39 Å². The monoisotopic (exact) mass is 482 g/mol. The molecule has 0 unspecified atom stereocenters. The number of rotatable bonds is 8. The molecule has 2 aromatic rings. The largest absolute Gasteiger partial charge is 0.381 e. The molecule has 0 amide bonds. The first kappa shape index (κ1) is 25.2. The van der Waals surface area contributed by atoms with Crippen molar-refractivity contribution >= 4 is 40.9 Å². The molecule has 1 N–H and O–H groups in total. The van der Waals surface area contributed by atoms with Crippen molar-refractivity contribution in [1.82, 2.24) is 4.90 Å². The van der Waals surface area contributed by atoms with Crippen molar-refractivity contribution < 1.29 is 9.13 Å². The highest BCUT2D eigenvalue weighted by Gasteiger charge is 2.27. The molecule has 184 valence electrons. The number of hydrogen-bond donors (Lipinski definition) is 1. The minimum absolute atomic E-state index is 0.325. The third-order valence-electron chi connectivity index (χ3n) is 6.33. The molecule has 4 rings (SSSR count). The smallest absolute Gasteiger partial charge is 0.212 e. The first-order valence-electron chi connectivity index (χ1n) is 12.2. The van der Waals surface area contributed by atoms with Gasteiger partial charge in [-0.25, -0.2) is 9.98 Å². The fraction of sp³-hybridized carbons (Fsp3) is 0.233. The summed E-state index contributed by atoms with van der Waals surface area (Å²) in [7, 11) is 0. The maximum Gasteiger partial charge on any atom is 0.212 e. The van der Waals surface area contributed by atoms with E-state index in [0.717, 1.165) is 64.9 Å². The van der Waals surface area contributed by atoms with E-state index in [-0.39, 0.29) is 0 Å². The lowest BCUT2D eigenvalue weighted by molar-refractivity contribution is 0.0668. The van der Waals surface area contributed by atoms with Gasteiger partial charge < -0.3 is 15.0 Å². The van der Waals surface area contributed by atoms with Crippen molar-refractivity contribution in [2.75, 3.05) is 13.2 Å². The minimum Gasteiger partial charge on any atom is -0.381 e. The second-order valence-electron chi connectivity index (χ2n) is 8.66. The van der Waals surface area contributed by atoms with Crippen LogP contribution in [0.4, 0.5) is 10.1 Å². The van der Waals surface area contributed by atoms with Crippen molar-refractivity contribution in [3.05, 3.63) is 96.0 Å². The number of nitrogens with zero attached hydrogens (tertiary/aromatic N) is 3. The van der Waals surface area contributed by atoms with Gasteiger partial charge in [-0.2, -0.15) is 4.39 Å². The Hall–Kier alpha value is -3.90. The molecular weight excluding hydrogens is 451 g/mol. The van der Waals surface area contributed by atoms with Crippen LogP contribution in [0.5, 0.6) is 0 Å². The molecule has 1 saturated heterocycles. The second-order valence-corrected chi connectivity index (χ2v) is 8.66. The highest BCUT2D eigenvalue weighted by Crippen LogP contribution is 2.41. The molecule has 0 bridgehead atoms. The van der Waals surface area contributed by atoms with Crippen molar-refractivity contribution in [3.8, 4) is 0 Å². The molecule has 0 aliphatic carbocycles. The molecule has 2 aromatic carbocycles. The van der Waals surface area contributed by atoms with Crippen LogP contribution in [0.1, 0.15) is 30.9 Å². The van der Waals surface area contributed by atoms with Crippen molar-refractivity contribution in [1.29, 1.82) is 5.41 Å². The van der Waals surface area contributed by atoms with E-state index in [1.54, 1.807) is 24.3 Å². The number of fused-ring (bicyclic) bond motifs is 3. The van der Waals surface area contributed by atoms with Gasteiger partial charge in [-0.3, -0.25) is 0 Å². The Balaban J connectivity index is 1.67. The molecule has 0 saturated carbocycles. The van der Waals surface area contributed by atoms with Gasteiger partial charge in [0.2, 0.25) is 5.95 Å². The van der Waals surface area contributed by atoms with E-state index in [2.05, 4.69) is 34.7 Å². The molecule has 2 aliphatic rings. The molecule has 6 heteroatoms. The van der Waals surface area contributed by atoms with Gasteiger partial charge in [0.25, 0.3) is 0 Å². The number of ether oxygens (including phenoxy) is 1. The maximum atomic E-state index is 13.9. The summed E-state index contributed by atoms with van der Waals surface area (Å²) in [4.78, 5) is 10.7. The van der Waals surface area contributed by atoms with Crippen LogP contribution < -0.4 is 0 Å². The van der Waals surface area contributed by atoms with Gasteiger partial charge in [-0.15, -0.1) is 0 Å². The molecule has 1 fully saturated rings. The molecule has 2 heterocycles. The lowest BCUT2D eigenvalue weighted by Crippen LogP contribution is -2.38. The van der Waals surface area contributed by atoms with Crippen LogP contribution in [-0.4, -0.2) is 42.9 Å². The Labute approximate surface area is 211 Å². The minimum atomic E-state index is -0.583. The average molecular weight is 483 g/mol. The van der Waals surface area contributed by atoms with Crippen LogP contribution >= 0.6 is 0 Å². The number of benzene rings is 2. The Kier molecular flexibility index (Phi) is 8.53. The van der Waals surface area contributed by atoms with E-state index < -0.39 is 5.95 Å². The molecule has 0 spiro atoms. The van der Waals surface area contributed by atoms with Gasteiger partial charge >= 0.3 is 0 Å². The fourth-order valence-corrected chi connectivity index (χ4v) is 4.54. The molecule has 0 radical (unpaired) electrons. The van der Waals surface area contributed by atoms with Crippen molar-refractivity contribution in [2.45, 2.75) is 32.2 Å². The number of nitrogens with one attached hydrogen (secondary N) is 1. The van der Waals surface area contributed by atoms with Crippen LogP contribution in [0.25, 0.3) is 16.5 Å². The van der Waals surface area contributed by atoms with Crippen LogP contribution in [0.15, 0.2) is 94.9 Å². The summed E-state index contributed by atoms with van der Waals surface area (Å²) < 4.78 is 19.4. The van der Waals surface area contributed by atoms with E-state index >= 15 is 0 Å². The summed E-state index contributed by atoms with van der Waals surface area (Å²) >= 11 is 0. The number of allylic oxidation sites excluding steroid dienone is 7. The summed E-state index contributed by atoms with van der Waals surface area (Å²) in [5, 5.41) is 9.78. The molecule has 0 aromatic heterocycles. The highest BCUT2D eigenvalue weighted by atomic mass is 19.1. The molecule has 0 atom stereocenters. The van der Waals surface area contributed by atoms with Gasteiger partial charge in [0.1, 0.15) is 0 Å². The van der Waals surface area contributed by atoms with Crippen LogP contribution in [0.2, 0.25) is 0 Å². The maximum absolute atomic E-state index is 13.9. The van der Waals surface area contributed by atoms with Gasteiger partial charge in [-0.05, 0) is 67.0 Å². The van der Waals surface area contributed by atoms with Crippen LogP contribution in [-0.2, 0) is 11.2 Å². The highest BCUT2D eigenvalue weighted by molar-refractivity contribution is 6.03. The topological polar surface area (TPSA) is 61.0 Å². The number of halogens is 1. The van der Waals surface area contributed by atoms with Gasteiger partial charge in [0.15, 0.2) is 0 Å². The van der Waals surface area contributed by atoms with E-state index in [1.807, 2.05) is 31.5 Å². The molecule has 2 aliphatic heterocycles.